The van der Waals surface area contributed by atoms with Gasteiger partial charge in [-0.3, -0.25) is 9.59 Å². The van der Waals surface area contributed by atoms with Crippen LogP contribution in [0.3, 0.4) is 0 Å². The summed E-state index contributed by atoms with van der Waals surface area (Å²) in [5.41, 5.74) is -1.08. The molecule has 1 aromatic heterocycles. The van der Waals surface area contributed by atoms with Gasteiger partial charge in [-0.25, -0.2) is 0 Å². The van der Waals surface area contributed by atoms with Gasteiger partial charge in [0, 0.05) is 6.54 Å². The third-order valence-corrected chi connectivity index (χ3v) is 3.20. The van der Waals surface area contributed by atoms with Crippen LogP contribution in [0.4, 0.5) is 0 Å². The van der Waals surface area contributed by atoms with Gasteiger partial charge in [0.05, 0.1) is 12.8 Å². The van der Waals surface area contributed by atoms with Gasteiger partial charge in [0.2, 0.25) is 11.8 Å². The van der Waals surface area contributed by atoms with E-state index in [0.717, 1.165) is 19.3 Å². The van der Waals surface area contributed by atoms with Crippen molar-refractivity contribution in [3.05, 3.63) is 24.2 Å². The third kappa shape index (κ3) is 4.72. The fraction of sp³-hybridized carbons (Fsp3) is 0.600. The fourth-order valence-electron chi connectivity index (χ4n) is 1.70. The van der Waals surface area contributed by atoms with Crippen molar-refractivity contribution < 1.29 is 14.0 Å². The number of nitrogens with one attached hydrogen (secondary N) is 2. The van der Waals surface area contributed by atoms with E-state index in [1.807, 2.05) is 0 Å². The van der Waals surface area contributed by atoms with Crippen molar-refractivity contribution in [2.24, 2.45) is 5.41 Å². The van der Waals surface area contributed by atoms with Crippen molar-refractivity contribution in [2.75, 3.05) is 6.54 Å². The zero-order valence-electron chi connectivity index (χ0n) is 12.5. The predicted molar refractivity (Wildman–Crippen MR) is 76.9 cm³/mol. The highest BCUT2D eigenvalue weighted by Gasteiger charge is 2.35. The highest BCUT2D eigenvalue weighted by molar-refractivity contribution is 6.04. The third-order valence-electron chi connectivity index (χ3n) is 3.20. The molecule has 0 unspecified atom stereocenters. The molecule has 0 fully saturated rings. The van der Waals surface area contributed by atoms with Crippen LogP contribution < -0.4 is 10.6 Å². The Labute approximate surface area is 120 Å². The normalized spacial score (nSPS) is 11.2. The van der Waals surface area contributed by atoms with Crippen LogP contribution in [0.15, 0.2) is 22.8 Å². The highest BCUT2D eigenvalue weighted by Crippen LogP contribution is 2.16. The average molecular weight is 280 g/mol. The molecule has 0 spiro atoms. The van der Waals surface area contributed by atoms with Crippen LogP contribution in [0.2, 0.25) is 0 Å². The first-order chi connectivity index (χ1) is 9.48. The molecule has 112 valence electrons. The monoisotopic (exact) mass is 280 g/mol. The van der Waals surface area contributed by atoms with Crippen molar-refractivity contribution >= 4 is 11.8 Å². The predicted octanol–water partition coefficient (Wildman–Crippen LogP) is 2.23. The lowest BCUT2D eigenvalue weighted by molar-refractivity contribution is -0.141. The standard InChI is InChI=1S/C15H24N2O3/c1-4-5-6-9-16-13(18)15(2,3)14(19)17-11-12-8-7-10-20-12/h7-8,10H,4-6,9,11H2,1-3H3,(H,16,18)(H,17,19). The van der Waals surface area contributed by atoms with Crippen LogP contribution in [0.5, 0.6) is 0 Å². The summed E-state index contributed by atoms with van der Waals surface area (Å²) in [6.07, 6.45) is 4.66. The summed E-state index contributed by atoms with van der Waals surface area (Å²) in [6, 6.07) is 3.53. The Bertz CT molecular complexity index is 424. The topological polar surface area (TPSA) is 71.3 Å². The maximum Gasteiger partial charge on any atom is 0.235 e. The number of furan rings is 1. The minimum atomic E-state index is -1.08. The number of unbranched alkanes of at least 4 members (excludes halogenated alkanes) is 2. The molecule has 5 nitrogen and oxygen atoms in total. The number of rotatable bonds is 8. The molecule has 2 amide bonds. The van der Waals surface area contributed by atoms with Gasteiger partial charge in [-0.1, -0.05) is 19.8 Å². The molecule has 0 aliphatic rings. The summed E-state index contributed by atoms with van der Waals surface area (Å²) in [4.78, 5) is 24.1. The van der Waals surface area contributed by atoms with Crippen molar-refractivity contribution in [3.63, 3.8) is 0 Å². The molecule has 0 saturated heterocycles. The SMILES string of the molecule is CCCCCNC(=O)C(C)(C)C(=O)NCc1ccco1. The molecule has 5 heteroatoms. The first-order valence-electron chi connectivity index (χ1n) is 7.07. The first kappa shape index (κ1) is 16.3. The Hall–Kier alpha value is -1.78. The summed E-state index contributed by atoms with van der Waals surface area (Å²) in [5, 5.41) is 5.52. The van der Waals surface area contributed by atoms with Gasteiger partial charge in [0.1, 0.15) is 11.2 Å². The van der Waals surface area contributed by atoms with Gasteiger partial charge >= 0.3 is 0 Å². The molecule has 0 radical (unpaired) electrons. The zero-order valence-corrected chi connectivity index (χ0v) is 12.5. The second kappa shape index (κ2) is 7.72. The maximum absolute atomic E-state index is 12.1. The second-order valence-electron chi connectivity index (χ2n) is 5.35. The van der Waals surface area contributed by atoms with Gasteiger partial charge in [0.25, 0.3) is 0 Å². The molecule has 0 atom stereocenters. The lowest BCUT2D eigenvalue weighted by Gasteiger charge is -2.22. The number of carbonyl (C=O) groups is 2. The number of amides is 2. The van der Waals surface area contributed by atoms with E-state index >= 15 is 0 Å². The maximum atomic E-state index is 12.1. The highest BCUT2D eigenvalue weighted by atomic mass is 16.3. The molecule has 0 saturated carbocycles. The van der Waals surface area contributed by atoms with E-state index in [4.69, 9.17) is 4.42 Å². The molecular weight excluding hydrogens is 256 g/mol. The van der Waals surface area contributed by atoms with Crippen LogP contribution in [-0.4, -0.2) is 18.4 Å². The summed E-state index contributed by atoms with van der Waals surface area (Å²) in [5.74, 6) is 0.116. The Morgan fingerprint density at radius 2 is 1.90 bits per heavy atom. The van der Waals surface area contributed by atoms with Gasteiger partial charge in [-0.2, -0.15) is 0 Å². The van der Waals surface area contributed by atoms with Crippen LogP contribution in [0, 0.1) is 5.41 Å². The number of hydrogen-bond donors (Lipinski definition) is 2. The molecule has 1 rings (SSSR count). The van der Waals surface area contributed by atoms with Gasteiger partial charge in [-0.15, -0.1) is 0 Å². The smallest absolute Gasteiger partial charge is 0.235 e. The van der Waals surface area contributed by atoms with Crippen molar-refractivity contribution in [2.45, 2.75) is 46.6 Å². The fourth-order valence-corrected chi connectivity index (χ4v) is 1.70. The Kier molecular flexibility index (Phi) is 6.28. The van der Waals surface area contributed by atoms with E-state index in [1.54, 1.807) is 32.2 Å². The van der Waals surface area contributed by atoms with Crippen molar-refractivity contribution in [1.82, 2.24) is 10.6 Å². The average Bonchev–Trinajstić information content (AvgIpc) is 2.93. The Morgan fingerprint density at radius 1 is 1.20 bits per heavy atom. The van der Waals surface area contributed by atoms with Crippen LogP contribution in [0.1, 0.15) is 45.8 Å². The van der Waals surface area contributed by atoms with Crippen LogP contribution in [-0.2, 0) is 16.1 Å². The number of carbonyl (C=O) groups excluding carboxylic acids is 2. The molecule has 20 heavy (non-hydrogen) atoms. The van der Waals surface area contributed by atoms with Crippen molar-refractivity contribution in [3.8, 4) is 0 Å². The minimum Gasteiger partial charge on any atom is -0.467 e. The van der Waals surface area contributed by atoms with E-state index in [-0.39, 0.29) is 11.8 Å². The summed E-state index contributed by atoms with van der Waals surface area (Å²) in [6.45, 7) is 6.26. The number of hydrogen-bond acceptors (Lipinski definition) is 3. The summed E-state index contributed by atoms with van der Waals surface area (Å²) in [7, 11) is 0. The molecule has 1 aromatic rings. The van der Waals surface area contributed by atoms with Crippen LogP contribution >= 0.6 is 0 Å². The van der Waals surface area contributed by atoms with E-state index in [9.17, 15) is 9.59 Å². The lowest BCUT2D eigenvalue weighted by Crippen LogP contribution is -2.47. The lowest BCUT2D eigenvalue weighted by atomic mass is 9.91. The van der Waals surface area contributed by atoms with E-state index < -0.39 is 5.41 Å². The van der Waals surface area contributed by atoms with Gasteiger partial charge in [0.15, 0.2) is 0 Å². The van der Waals surface area contributed by atoms with Gasteiger partial charge < -0.3 is 15.1 Å². The first-order valence-corrected chi connectivity index (χ1v) is 7.07. The van der Waals surface area contributed by atoms with Crippen LogP contribution in [0.25, 0.3) is 0 Å². The molecule has 0 bridgehead atoms. The molecular formula is C15H24N2O3. The molecule has 2 N–H and O–H groups in total. The van der Waals surface area contributed by atoms with E-state index in [2.05, 4.69) is 17.6 Å². The van der Waals surface area contributed by atoms with E-state index in [0.29, 0.717) is 18.8 Å². The zero-order chi connectivity index (χ0) is 15.0. The minimum absolute atomic E-state index is 0.245. The largest absolute Gasteiger partial charge is 0.467 e. The Balaban J connectivity index is 2.40. The summed E-state index contributed by atoms with van der Waals surface area (Å²) >= 11 is 0. The molecule has 0 aromatic carbocycles. The second-order valence-corrected chi connectivity index (χ2v) is 5.35. The molecule has 0 aliphatic heterocycles. The van der Waals surface area contributed by atoms with Crippen molar-refractivity contribution in [1.29, 1.82) is 0 Å². The molecule has 1 heterocycles. The quantitative estimate of drug-likeness (QED) is 0.566. The molecule has 0 aliphatic carbocycles. The summed E-state index contributed by atoms with van der Waals surface area (Å²) < 4.78 is 5.13. The Morgan fingerprint density at radius 3 is 2.50 bits per heavy atom. The van der Waals surface area contributed by atoms with Gasteiger partial charge in [-0.05, 0) is 32.4 Å². The van der Waals surface area contributed by atoms with E-state index in [1.165, 1.54) is 0 Å².